The number of rotatable bonds is 7. The standard InChI is InChI=1S/C26H32N6O4/c1-6-29-24(34)30-21-15-28-13-11-19(21)23(18-9-7-8-17-10-12-27-14-20(17)18)31-22(33)16-32(5)25(35)36-26(2,3)4/h7-15,23H,6,16H2,1-5H3,(H,31,33)(H2,29,30,34). The molecule has 0 radical (unpaired) electrons. The van der Waals surface area contributed by atoms with Gasteiger partial charge in [0, 0.05) is 43.1 Å². The van der Waals surface area contributed by atoms with E-state index in [2.05, 4.69) is 25.9 Å². The van der Waals surface area contributed by atoms with E-state index in [1.54, 1.807) is 45.4 Å². The number of amides is 4. The van der Waals surface area contributed by atoms with Crippen LogP contribution >= 0.6 is 0 Å². The van der Waals surface area contributed by atoms with Crippen LogP contribution in [-0.2, 0) is 9.53 Å². The Bertz CT molecular complexity index is 1240. The second-order valence-electron chi connectivity index (χ2n) is 9.23. The third-order valence-electron chi connectivity index (χ3n) is 5.17. The van der Waals surface area contributed by atoms with Gasteiger partial charge < -0.3 is 25.6 Å². The number of benzene rings is 1. The summed E-state index contributed by atoms with van der Waals surface area (Å²) >= 11 is 0. The molecule has 0 aliphatic heterocycles. The number of hydrogen-bond acceptors (Lipinski definition) is 6. The Hall–Kier alpha value is -4.21. The molecule has 1 unspecified atom stereocenters. The quantitative estimate of drug-likeness (QED) is 0.460. The molecule has 2 heterocycles. The monoisotopic (exact) mass is 492 g/mol. The van der Waals surface area contributed by atoms with Gasteiger partial charge in [-0.05, 0) is 50.8 Å². The van der Waals surface area contributed by atoms with Crippen molar-refractivity contribution < 1.29 is 19.1 Å². The normalized spacial score (nSPS) is 11.9. The molecule has 0 saturated carbocycles. The Morgan fingerprint density at radius 1 is 1.03 bits per heavy atom. The van der Waals surface area contributed by atoms with Gasteiger partial charge in [0.05, 0.1) is 17.9 Å². The zero-order valence-corrected chi connectivity index (χ0v) is 21.2. The van der Waals surface area contributed by atoms with Crippen LogP contribution in [0.3, 0.4) is 0 Å². The molecule has 4 amide bonds. The van der Waals surface area contributed by atoms with Crippen molar-refractivity contribution in [2.24, 2.45) is 0 Å². The second-order valence-corrected chi connectivity index (χ2v) is 9.23. The molecule has 1 atom stereocenters. The maximum absolute atomic E-state index is 13.2. The average molecular weight is 493 g/mol. The number of likely N-dealkylation sites (N-methyl/N-ethyl adjacent to an activating group) is 1. The minimum atomic E-state index is -0.684. The first-order valence-electron chi connectivity index (χ1n) is 11.6. The molecule has 2 aromatic heterocycles. The van der Waals surface area contributed by atoms with Gasteiger partial charge in [-0.3, -0.25) is 14.8 Å². The molecule has 3 aromatic rings. The number of nitrogens with one attached hydrogen (secondary N) is 3. The highest BCUT2D eigenvalue weighted by atomic mass is 16.6. The highest BCUT2D eigenvalue weighted by Crippen LogP contribution is 2.32. The molecular formula is C26H32N6O4. The number of urea groups is 1. The number of carbonyl (C=O) groups excluding carboxylic acids is 3. The predicted octanol–water partition coefficient (Wildman–Crippen LogP) is 3.84. The first-order valence-corrected chi connectivity index (χ1v) is 11.6. The van der Waals surface area contributed by atoms with Gasteiger partial charge >= 0.3 is 12.1 Å². The minimum Gasteiger partial charge on any atom is -0.444 e. The molecule has 0 fully saturated rings. The second kappa shape index (κ2) is 11.5. The van der Waals surface area contributed by atoms with Crippen molar-refractivity contribution in [1.82, 2.24) is 25.5 Å². The van der Waals surface area contributed by atoms with E-state index in [0.29, 0.717) is 17.8 Å². The first kappa shape index (κ1) is 26.4. The lowest BCUT2D eigenvalue weighted by molar-refractivity contribution is -0.122. The molecule has 3 N–H and O–H groups in total. The summed E-state index contributed by atoms with van der Waals surface area (Å²) in [5, 5.41) is 10.3. The van der Waals surface area contributed by atoms with E-state index in [-0.39, 0.29) is 12.6 Å². The number of nitrogens with zero attached hydrogens (tertiary/aromatic N) is 3. The van der Waals surface area contributed by atoms with Gasteiger partial charge in [0.15, 0.2) is 0 Å². The average Bonchev–Trinajstić information content (AvgIpc) is 2.82. The van der Waals surface area contributed by atoms with Gasteiger partial charge in [0.1, 0.15) is 12.1 Å². The molecule has 3 rings (SSSR count). The third kappa shape index (κ3) is 6.91. The zero-order valence-electron chi connectivity index (χ0n) is 21.2. The van der Waals surface area contributed by atoms with Crippen LogP contribution in [0.25, 0.3) is 10.8 Å². The topological polar surface area (TPSA) is 126 Å². The fourth-order valence-corrected chi connectivity index (χ4v) is 3.63. The summed E-state index contributed by atoms with van der Waals surface area (Å²) in [6.07, 6.45) is 5.94. The Balaban J connectivity index is 1.98. The molecule has 0 saturated heterocycles. The van der Waals surface area contributed by atoms with E-state index in [1.807, 2.05) is 31.2 Å². The van der Waals surface area contributed by atoms with Crippen LogP contribution < -0.4 is 16.0 Å². The summed E-state index contributed by atoms with van der Waals surface area (Å²) in [4.78, 5) is 47.4. The van der Waals surface area contributed by atoms with Gasteiger partial charge in [-0.1, -0.05) is 18.2 Å². The van der Waals surface area contributed by atoms with E-state index >= 15 is 0 Å². The Kier molecular flexibility index (Phi) is 8.42. The summed E-state index contributed by atoms with van der Waals surface area (Å²) < 4.78 is 5.35. The van der Waals surface area contributed by atoms with E-state index in [9.17, 15) is 14.4 Å². The van der Waals surface area contributed by atoms with Crippen LogP contribution in [0.1, 0.15) is 44.9 Å². The number of ether oxygens (including phenoxy) is 1. The minimum absolute atomic E-state index is 0.224. The summed E-state index contributed by atoms with van der Waals surface area (Å²) in [6.45, 7) is 7.32. The maximum Gasteiger partial charge on any atom is 0.410 e. The Labute approximate surface area is 210 Å². The zero-order chi connectivity index (χ0) is 26.3. The Morgan fingerprint density at radius 2 is 1.75 bits per heavy atom. The molecule has 190 valence electrons. The highest BCUT2D eigenvalue weighted by Gasteiger charge is 2.25. The van der Waals surface area contributed by atoms with Crippen molar-refractivity contribution in [2.45, 2.75) is 39.3 Å². The van der Waals surface area contributed by atoms with E-state index in [1.165, 1.54) is 18.1 Å². The lowest BCUT2D eigenvalue weighted by Gasteiger charge is -2.26. The summed E-state index contributed by atoms with van der Waals surface area (Å²) in [5.41, 5.74) is 1.16. The van der Waals surface area contributed by atoms with Crippen LogP contribution in [-0.4, -0.2) is 58.6 Å². The predicted molar refractivity (Wildman–Crippen MR) is 138 cm³/mol. The lowest BCUT2D eigenvalue weighted by Crippen LogP contribution is -2.42. The molecule has 10 heteroatoms. The molecule has 10 nitrogen and oxygen atoms in total. The fourth-order valence-electron chi connectivity index (χ4n) is 3.63. The van der Waals surface area contributed by atoms with Crippen molar-refractivity contribution in [3.63, 3.8) is 0 Å². The number of anilines is 1. The van der Waals surface area contributed by atoms with Crippen molar-refractivity contribution in [2.75, 3.05) is 25.5 Å². The van der Waals surface area contributed by atoms with E-state index in [4.69, 9.17) is 4.74 Å². The van der Waals surface area contributed by atoms with Crippen molar-refractivity contribution in [1.29, 1.82) is 0 Å². The van der Waals surface area contributed by atoms with Gasteiger partial charge in [0.2, 0.25) is 5.91 Å². The summed E-state index contributed by atoms with van der Waals surface area (Å²) in [7, 11) is 1.50. The van der Waals surface area contributed by atoms with Gasteiger partial charge in [-0.2, -0.15) is 0 Å². The molecular weight excluding hydrogens is 460 g/mol. The van der Waals surface area contributed by atoms with Crippen LogP contribution in [0.2, 0.25) is 0 Å². The summed E-state index contributed by atoms with van der Waals surface area (Å²) in [6, 6.07) is 8.30. The summed E-state index contributed by atoms with van der Waals surface area (Å²) in [5.74, 6) is -0.407. The van der Waals surface area contributed by atoms with Gasteiger partial charge in [0.25, 0.3) is 0 Å². The van der Waals surface area contributed by atoms with Crippen LogP contribution in [0.5, 0.6) is 0 Å². The number of pyridine rings is 2. The fraction of sp³-hybridized carbons (Fsp3) is 0.346. The van der Waals surface area contributed by atoms with Crippen molar-refractivity contribution in [3.05, 3.63) is 66.2 Å². The molecule has 36 heavy (non-hydrogen) atoms. The lowest BCUT2D eigenvalue weighted by atomic mass is 9.94. The molecule has 0 aliphatic rings. The van der Waals surface area contributed by atoms with Crippen molar-refractivity contribution >= 4 is 34.5 Å². The largest absolute Gasteiger partial charge is 0.444 e. The van der Waals surface area contributed by atoms with E-state index in [0.717, 1.165) is 16.3 Å². The molecule has 0 bridgehead atoms. The molecule has 1 aromatic carbocycles. The smallest absolute Gasteiger partial charge is 0.410 e. The van der Waals surface area contributed by atoms with E-state index < -0.39 is 23.6 Å². The van der Waals surface area contributed by atoms with Crippen LogP contribution in [0, 0.1) is 0 Å². The van der Waals surface area contributed by atoms with Crippen molar-refractivity contribution in [3.8, 4) is 0 Å². The number of fused-ring (bicyclic) bond motifs is 1. The first-order chi connectivity index (χ1) is 17.1. The number of aromatic nitrogens is 2. The maximum atomic E-state index is 13.2. The molecule has 0 spiro atoms. The SMILES string of the molecule is CCNC(=O)Nc1cnccc1C(NC(=O)CN(C)C(=O)OC(C)(C)C)c1cccc2ccncc12. The number of carbonyl (C=O) groups is 3. The van der Waals surface area contributed by atoms with Gasteiger partial charge in [-0.25, -0.2) is 9.59 Å². The van der Waals surface area contributed by atoms with Crippen LogP contribution in [0.15, 0.2) is 55.1 Å². The third-order valence-corrected chi connectivity index (χ3v) is 5.17. The van der Waals surface area contributed by atoms with Gasteiger partial charge in [-0.15, -0.1) is 0 Å². The highest BCUT2D eigenvalue weighted by molar-refractivity contribution is 5.92. The van der Waals surface area contributed by atoms with Crippen LogP contribution in [0.4, 0.5) is 15.3 Å². The molecule has 0 aliphatic carbocycles. The number of hydrogen-bond donors (Lipinski definition) is 3. The Morgan fingerprint density at radius 3 is 2.47 bits per heavy atom.